The molecule has 0 fully saturated rings. The standard InChI is InChI=1S/C16H19ClO3/c1-12(18)20-15-8-7-14(17)9-16(10-15)19-11-13-5-3-2-4-6-13/h2-8,14-16H,9-11H2,1H3/t14-,15+,16+/m0/s1. The van der Waals surface area contributed by atoms with Gasteiger partial charge >= 0.3 is 5.97 Å². The number of rotatable bonds is 4. The van der Waals surface area contributed by atoms with Crippen molar-refractivity contribution in [2.24, 2.45) is 0 Å². The van der Waals surface area contributed by atoms with Gasteiger partial charge < -0.3 is 9.47 Å². The van der Waals surface area contributed by atoms with Gasteiger partial charge in [0.1, 0.15) is 6.10 Å². The first-order chi connectivity index (χ1) is 9.63. The van der Waals surface area contributed by atoms with E-state index >= 15 is 0 Å². The van der Waals surface area contributed by atoms with Crippen LogP contribution in [0.4, 0.5) is 0 Å². The van der Waals surface area contributed by atoms with Crippen LogP contribution in [-0.2, 0) is 20.9 Å². The average Bonchev–Trinajstić information content (AvgIpc) is 2.59. The van der Waals surface area contributed by atoms with Crippen molar-refractivity contribution in [2.75, 3.05) is 0 Å². The van der Waals surface area contributed by atoms with Crippen LogP contribution < -0.4 is 0 Å². The summed E-state index contributed by atoms with van der Waals surface area (Å²) in [5.74, 6) is -0.283. The van der Waals surface area contributed by atoms with Gasteiger partial charge in [0.25, 0.3) is 0 Å². The van der Waals surface area contributed by atoms with Gasteiger partial charge in [-0.05, 0) is 18.1 Å². The molecule has 0 saturated carbocycles. The topological polar surface area (TPSA) is 35.5 Å². The van der Waals surface area contributed by atoms with Crippen molar-refractivity contribution in [1.29, 1.82) is 0 Å². The molecule has 0 bridgehead atoms. The molecule has 108 valence electrons. The minimum atomic E-state index is -0.283. The zero-order valence-corrected chi connectivity index (χ0v) is 12.3. The second-order valence-corrected chi connectivity index (χ2v) is 5.50. The van der Waals surface area contributed by atoms with E-state index in [1.807, 2.05) is 42.5 Å². The van der Waals surface area contributed by atoms with E-state index in [1.165, 1.54) is 6.92 Å². The van der Waals surface area contributed by atoms with Crippen molar-refractivity contribution < 1.29 is 14.3 Å². The van der Waals surface area contributed by atoms with E-state index in [0.29, 0.717) is 13.0 Å². The molecule has 3 nitrogen and oxygen atoms in total. The lowest BCUT2D eigenvalue weighted by atomic mass is 10.1. The molecule has 1 aliphatic carbocycles. The molecule has 0 amide bonds. The van der Waals surface area contributed by atoms with E-state index in [9.17, 15) is 4.79 Å². The van der Waals surface area contributed by atoms with Crippen LogP contribution in [0.1, 0.15) is 25.3 Å². The number of hydrogen-bond acceptors (Lipinski definition) is 3. The molecular formula is C16H19ClO3. The summed E-state index contributed by atoms with van der Waals surface area (Å²) in [6, 6.07) is 10.00. The predicted molar refractivity (Wildman–Crippen MR) is 78.6 cm³/mol. The van der Waals surface area contributed by atoms with Crippen molar-refractivity contribution in [3.8, 4) is 0 Å². The van der Waals surface area contributed by atoms with Gasteiger partial charge in [-0.3, -0.25) is 4.79 Å². The van der Waals surface area contributed by atoms with Gasteiger partial charge in [0.2, 0.25) is 0 Å². The predicted octanol–water partition coefficient (Wildman–Crippen LogP) is 3.46. The van der Waals surface area contributed by atoms with Crippen LogP contribution in [0.5, 0.6) is 0 Å². The van der Waals surface area contributed by atoms with E-state index in [0.717, 1.165) is 12.0 Å². The summed E-state index contributed by atoms with van der Waals surface area (Å²) in [6.45, 7) is 1.96. The highest BCUT2D eigenvalue weighted by molar-refractivity contribution is 6.21. The minimum Gasteiger partial charge on any atom is -0.458 e. The monoisotopic (exact) mass is 294 g/mol. The number of carbonyl (C=O) groups excluding carboxylic acids is 1. The number of hydrogen-bond donors (Lipinski definition) is 0. The Morgan fingerprint density at radius 3 is 2.70 bits per heavy atom. The minimum absolute atomic E-state index is 0.0166. The largest absolute Gasteiger partial charge is 0.458 e. The third-order valence-electron chi connectivity index (χ3n) is 3.16. The summed E-state index contributed by atoms with van der Waals surface area (Å²) in [5, 5.41) is -0.0867. The maximum absolute atomic E-state index is 11.1. The molecule has 0 radical (unpaired) electrons. The molecule has 1 aromatic carbocycles. The number of allylic oxidation sites excluding steroid dienone is 1. The van der Waals surface area contributed by atoms with E-state index < -0.39 is 0 Å². The van der Waals surface area contributed by atoms with E-state index in [-0.39, 0.29) is 23.6 Å². The molecule has 0 heterocycles. The number of alkyl halides is 1. The lowest BCUT2D eigenvalue weighted by Gasteiger charge is -2.20. The van der Waals surface area contributed by atoms with Crippen LogP contribution in [0.15, 0.2) is 42.5 Å². The van der Waals surface area contributed by atoms with Crippen LogP contribution in [0.2, 0.25) is 0 Å². The van der Waals surface area contributed by atoms with Gasteiger partial charge in [-0.25, -0.2) is 0 Å². The summed E-state index contributed by atoms with van der Waals surface area (Å²) in [5.41, 5.74) is 1.12. The highest BCUT2D eigenvalue weighted by Crippen LogP contribution is 2.22. The number of esters is 1. The Labute approximate surface area is 124 Å². The van der Waals surface area contributed by atoms with E-state index in [2.05, 4.69) is 0 Å². The molecule has 0 saturated heterocycles. The third-order valence-corrected chi connectivity index (χ3v) is 3.49. The van der Waals surface area contributed by atoms with Gasteiger partial charge in [-0.2, -0.15) is 0 Å². The van der Waals surface area contributed by atoms with Crippen LogP contribution in [-0.4, -0.2) is 23.6 Å². The maximum Gasteiger partial charge on any atom is 0.303 e. The molecule has 0 spiro atoms. The second-order valence-electron chi connectivity index (χ2n) is 4.94. The molecule has 20 heavy (non-hydrogen) atoms. The fourth-order valence-corrected chi connectivity index (χ4v) is 2.52. The first-order valence-corrected chi connectivity index (χ1v) is 7.22. The Bertz CT molecular complexity index is 458. The Morgan fingerprint density at radius 1 is 1.25 bits per heavy atom. The van der Waals surface area contributed by atoms with Crippen LogP contribution in [0, 0.1) is 0 Å². The Hall–Kier alpha value is -1.32. The molecule has 0 aromatic heterocycles. The Kier molecular flexibility index (Phi) is 5.62. The highest BCUT2D eigenvalue weighted by atomic mass is 35.5. The van der Waals surface area contributed by atoms with Crippen molar-refractivity contribution >= 4 is 17.6 Å². The van der Waals surface area contributed by atoms with Crippen molar-refractivity contribution in [2.45, 2.75) is 44.0 Å². The molecule has 0 N–H and O–H groups in total. The second kappa shape index (κ2) is 7.46. The van der Waals surface area contributed by atoms with Crippen molar-refractivity contribution in [3.63, 3.8) is 0 Å². The summed E-state index contributed by atoms with van der Waals surface area (Å²) < 4.78 is 11.2. The van der Waals surface area contributed by atoms with Gasteiger partial charge in [0.15, 0.2) is 0 Å². The fraction of sp³-hybridized carbons (Fsp3) is 0.438. The van der Waals surface area contributed by atoms with Gasteiger partial charge in [-0.1, -0.05) is 36.4 Å². The molecule has 2 rings (SSSR count). The van der Waals surface area contributed by atoms with E-state index in [4.69, 9.17) is 21.1 Å². The number of ether oxygens (including phenoxy) is 2. The SMILES string of the molecule is CC(=O)O[C@@H]1C=C[C@H](Cl)C[C@@H](OCc2ccccc2)C1. The Morgan fingerprint density at radius 2 is 2.00 bits per heavy atom. The van der Waals surface area contributed by atoms with Crippen molar-refractivity contribution in [1.82, 2.24) is 0 Å². The molecule has 0 unspecified atom stereocenters. The normalized spacial score (nSPS) is 26.0. The maximum atomic E-state index is 11.1. The first-order valence-electron chi connectivity index (χ1n) is 6.78. The van der Waals surface area contributed by atoms with E-state index in [1.54, 1.807) is 0 Å². The van der Waals surface area contributed by atoms with Crippen LogP contribution in [0.3, 0.4) is 0 Å². The lowest BCUT2D eigenvalue weighted by molar-refractivity contribution is -0.145. The van der Waals surface area contributed by atoms with Gasteiger partial charge in [0, 0.05) is 13.3 Å². The summed E-state index contributed by atoms with van der Waals surface area (Å²) in [4.78, 5) is 11.1. The zero-order valence-electron chi connectivity index (χ0n) is 11.5. The number of benzene rings is 1. The molecular weight excluding hydrogens is 276 g/mol. The summed E-state index contributed by atoms with van der Waals surface area (Å²) in [6.07, 6.45) is 4.83. The third kappa shape index (κ3) is 4.99. The molecule has 4 heteroatoms. The first kappa shape index (κ1) is 15.1. The van der Waals surface area contributed by atoms with Crippen LogP contribution in [0.25, 0.3) is 0 Å². The summed E-state index contributed by atoms with van der Waals surface area (Å²) in [7, 11) is 0. The quantitative estimate of drug-likeness (QED) is 0.485. The molecule has 3 atom stereocenters. The van der Waals surface area contributed by atoms with Crippen LogP contribution >= 0.6 is 11.6 Å². The number of halogens is 1. The van der Waals surface area contributed by atoms with Crippen molar-refractivity contribution in [3.05, 3.63) is 48.0 Å². The lowest BCUT2D eigenvalue weighted by Crippen LogP contribution is -2.23. The van der Waals surface area contributed by atoms with Gasteiger partial charge in [0.05, 0.1) is 18.1 Å². The molecule has 0 aliphatic heterocycles. The zero-order chi connectivity index (χ0) is 14.4. The average molecular weight is 295 g/mol. The summed E-state index contributed by atoms with van der Waals surface area (Å²) >= 11 is 6.19. The van der Waals surface area contributed by atoms with Gasteiger partial charge in [-0.15, -0.1) is 11.6 Å². The molecule has 1 aliphatic rings. The smallest absolute Gasteiger partial charge is 0.303 e. The highest BCUT2D eigenvalue weighted by Gasteiger charge is 2.23. The fourth-order valence-electron chi connectivity index (χ4n) is 2.23. The molecule has 1 aromatic rings. The Balaban J connectivity index is 1.91. The number of carbonyl (C=O) groups is 1.